The van der Waals surface area contributed by atoms with E-state index in [1.54, 1.807) is 6.20 Å². The first-order valence-electron chi connectivity index (χ1n) is 9.76. The van der Waals surface area contributed by atoms with Crippen molar-refractivity contribution in [1.82, 2.24) is 14.9 Å². The van der Waals surface area contributed by atoms with Gasteiger partial charge in [-0.25, -0.2) is 13.8 Å². The Hall–Kier alpha value is -2.32. The molecule has 1 atom stereocenters. The normalized spacial score (nSPS) is 20.9. The highest BCUT2D eigenvalue weighted by Crippen LogP contribution is 2.21. The monoisotopic (exact) mass is 389 g/mol. The minimum absolute atomic E-state index is 0.139. The topological polar surface area (TPSA) is 53.5 Å². The lowest BCUT2D eigenvalue weighted by Crippen LogP contribution is -2.42. The molecule has 2 aromatic rings. The molecule has 1 aromatic carbocycles. The lowest BCUT2D eigenvalue weighted by atomic mass is 10.0. The van der Waals surface area contributed by atoms with Crippen LogP contribution < -0.4 is 10.2 Å². The Balaban J connectivity index is 1.39. The third-order valence-electron chi connectivity index (χ3n) is 5.24. The van der Waals surface area contributed by atoms with Gasteiger partial charge >= 0.3 is 0 Å². The van der Waals surface area contributed by atoms with Crippen molar-refractivity contribution >= 4 is 11.8 Å². The molecule has 0 aliphatic carbocycles. The van der Waals surface area contributed by atoms with E-state index in [1.807, 2.05) is 6.07 Å². The van der Waals surface area contributed by atoms with Crippen LogP contribution in [0.4, 0.5) is 20.5 Å². The van der Waals surface area contributed by atoms with Crippen molar-refractivity contribution in [3.05, 3.63) is 47.7 Å². The van der Waals surface area contributed by atoms with Crippen molar-refractivity contribution in [2.45, 2.75) is 25.4 Å². The lowest BCUT2D eigenvalue weighted by Gasteiger charge is -2.33. The summed E-state index contributed by atoms with van der Waals surface area (Å²) in [6, 6.07) is 6.06. The van der Waals surface area contributed by atoms with Crippen LogP contribution in [0.5, 0.6) is 0 Å². The van der Waals surface area contributed by atoms with E-state index in [-0.39, 0.29) is 18.2 Å². The molecular weight excluding hydrogens is 364 g/mol. The van der Waals surface area contributed by atoms with Crippen molar-refractivity contribution in [2.24, 2.45) is 0 Å². The fourth-order valence-electron chi connectivity index (χ4n) is 3.78. The quantitative estimate of drug-likeness (QED) is 0.849. The maximum Gasteiger partial charge on any atom is 0.227 e. The van der Waals surface area contributed by atoms with Crippen LogP contribution in [-0.2, 0) is 11.3 Å². The van der Waals surface area contributed by atoms with Crippen LogP contribution in [0.1, 0.15) is 18.4 Å². The maximum absolute atomic E-state index is 14.0. The number of anilines is 2. The van der Waals surface area contributed by atoms with E-state index in [9.17, 15) is 8.78 Å². The van der Waals surface area contributed by atoms with Gasteiger partial charge in [0.1, 0.15) is 17.5 Å². The Kier molecular flexibility index (Phi) is 5.97. The maximum atomic E-state index is 14.0. The number of benzene rings is 1. The third kappa shape index (κ3) is 4.56. The van der Waals surface area contributed by atoms with E-state index in [2.05, 4.69) is 25.1 Å². The molecule has 6 nitrogen and oxygen atoms in total. The zero-order valence-corrected chi connectivity index (χ0v) is 15.8. The zero-order valence-electron chi connectivity index (χ0n) is 15.8. The number of rotatable bonds is 5. The Morgan fingerprint density at radius 3 is 2.68 bits per heavy atom. The van der Waals surface area contributed by atoms with Crippen LogP contribution in [0.25, 0.3) is 0 Å². The average molecular weight is 389 g/mol. The highest BCUT2D eigenvalue weighted by molar-refractivity contribution is 5.42. The van der Waals surface area contributed by atoms with Crippen molar-refractivity contribution in [1.29, 1.82) is 0 Å². The number of aromatic nitrogens is 2. The van der Waals surface area contributed by atoms with Crippen LogP contribution in [-0.4, -0.2) is 60.3 Å². The van der Waals surface area contributed by atoms with E-state index in [1.165, 1.54) is 18.2 Å². The molecule has 0 saturated carbocycles. The SMILES string of the molecule is Fc1cccc(F)c1CN1CCCC(Nc2ccnc(N3CCOCC3)n2)C1. The third-order valence-corrected chi connectivity index (χ3v) is 5.24. The van der Waals surface area contributed by atoms with E-state index >= 15 is 0 Å². The van der Waals surface area contributed by atoms with Crippen LogP contribution in [0.15, 0.2) is 30.5 Å². The number of nitrogens with zero attached hydrogens (tertiary/aromatic N) is 4. The summed E-state index contributed by atoms with van der Waals surface area (Å²) in [6.07, 6.45) is 3.72. The van der Waals surface area contributed by atoms with Gasteiger partial charge in [-0.15, -0.1) is 0 Å². The van der Waals surface area contributed by atoms with Crippen molar-refractivity contribution < 1.29 is 13.5 Å². The van der Waals surface area contributed by atoms with E-state index in [0.717, 1.165) is 38.3 Å². The van der Waals surface area contributed by atoms with E-state index in [4.69, 9.17) is 4.74 Å². The Labute approximate surface area is 163 Å². The highest BCUT2D eigenvalue weighted by atomic mass is 19.1. The molecule has 1 unspecified atom stereocenters. The Bertz CT molecular complexity index is 780. The number of piperidine rings is 1. The van der Waals surface area contributed by atoms with Crippen molar-refractivity contribution in [2.75, 3.05) is 49.6 Å². The molecule has 28 heavy (non-hydrogen) atoms. The summed E-state index contributed by atoms with van der Waals surface area (Å²) < 4.78 is 33.3. The number of hydrogen-bond acceptors (Lipinski definition) is 6. The van der Waals surface area contributed by atoms with Crippen molar-refractivity contribution in [3.8, 4) is 0 Å². The van der Waals surface area contributed by atoms with Gasteiger partial charge in [-0.2, -0.15) is 4.98 Å². The molecular formula is C20H25F2N5O. The second-order valence-corrected chi connectivity index (χ2v) is 7.26. The molecule has 2 fully saturated rings. The average Bonchev–Trinajstić information content (AvgIpc) is 2.72. The molecule has 3 heterocycles. The second-order valence-electron chi connectivity index (χ2n) is 7.26. The van der Waals surface area contributed by atoms with Gasteiger partial charge in [0.05, 0.1) is 13.2 Å². The summed E-state index contributed by atoms with van der Waals surface area (Å²) in [5.41, 5.74) is 0.139. The number of nitrogens with one attached hydrogen (secondary N) is 1. The lowest BCUT2D eigenvalue weighted by molar-refractivity contribution is 0.122. The minimum atomic E-state index is -0.485. The van der Waals surface area contributed by atoms with Crippen molar-refractivity contribution in [3.63, 3.8) is 0 Å². The van der Waals surface area contributed by atoms with Gasteiger partial charge in [-0.3, -0.25) is 4.90 Å². The molecule has 1 N–H and O–H groups in total. The summed E-state index contributed by atoms with van der Waals surface area (Å²) >= 11 is 0. The summed E-state index contributed by atoms with van der Waals surface area (Å²) in [5.74, 6) is 0.511. The molecule has 150 valence electrons. The highest BCUT2D eigenvalue weighted by Gasteiger charge is 2.23. The van der Waals surface area contributed by atoms with E-state index < -0.39 is 11.6 Å². The van der Waals surface area contributed by atoms with Gasteiger partial charge in [0.15, 0.2) is 0 Å². The van der Waals surface area contributed by atoms with Gasteiger partial charge in [0.2, 0.25) is 5.95 Å². The Morgan fingerprint density at radius 2 is 1.89 bits per heavy atom. The summed E-state index contributed by atoms with van der Waals surface area (Å²) in [6.45, 7) is 4.76. The van der Waals surface area contributed by atoms with Gasteiger partial charge in [-0.1, -0.05) is 6.07 Å². The number of hydrogen-bond donors (Lipinski definition) is 1. The summed E-state index contributed by atoms with van der Waals surface area (Å²) in [4.78, 5) is 13.2. The molecule has 0 spiro atoms. The first-order valence-corrected chi connectivity index (χ1v) is 9.76. The van der Waals surface area contributed by atoms with E-state index in [0.29, 0.717) is 25.7 Å². The standard InChI is InChI=1S/C20H25F2N5O/c21-17-4-1-5-18(22)16(17)14-26-8-2-3-15(13-26)24-19-6-7-23-20(25-19)27-9-11-28-12-10-27/h1,4-7,15H,2-3,8-14H2,(H,23,24,25). The summed E-state index contributed by atoms with van der Waals surface area (Å²) in [5, 5.41) is 3.47. The minimum Gasteiger partial charge on any atom is -0.378 e. The zero-order chi connectivity index (χ0) is 19.3. The predicted octanol–water partition coefficient (Wildman–Crippen LogP) is 2.67. The molecule has 1 aromatic heterocycles. The van der Waals surface area contributed by atoms with Crippen LogP contribution >= 0.6 is 0 Å². The van der Waals surface area contributed by atoms with Gasteiger partial charge < -0.3 is 15.0 Å². The summed E-state index contributed by atoms with van der Waals surface area (Å²) in [7, 11) is 0. The second kappa shape index (κ2) is 8.79. The number of morpholine rings is 1. The molecule has 4 rings (SSSR count). The van der Waals surface area contributed by atoms with Gasteiger partial charge in [0.25, 0.3) is 0 Å². The first-order chi connectivity index (χ1) is 13.7. The number of likely N-dealkylation sites (tertiary alicyclic amines) is 1. The molecule has 2 aliphatic rings. The van der Waals surface area contributed by atoms with Gasteiger partial charge in [0, 0.05) is 44.0 Å². The smallest absolute Gasteiger partial charge is 0.227 e. The molecule has 2 saturated heterocycles. The number of ether oxygens (including phenoxy) is 1. The van der Waals surface area contributed by atoms with Crippen LogP contribution in [0.3, 0.4) is 0 Å². The Morgan fingerprint density at radius 1 is 1.11 bits per heavy atom. The molecule has 0 amide bonds. The van der Waals surface area contributed by atoms with Crippen LogP contribution in [0, 0.1) is 11.6 Å². The molecule has 0 bridgehead atoms. The fourth-order valence-corrected chi connectivity index (χ4v) is 3.78. The molecule has 2 aliphatic heterocycles. The van der Waals surface area contributed by atoms with Crippen LogP contribution in [0.2, 0.25) is 0 Å². The predicted molar refractivity (Wildman–Crippen MR) is 103 cm³/mol. The molecule has 8 heteroatoms. The van der Waals surface area contributed by atoms with Gasteiger partial charge in [-0.05, 0) is 37.6 Å². The molecule has 0 radical (unpaired) electrons. The number of halogens is 2. The fraction of sp³-hybridized carbons (Fsp3) is 0.500. The largest absolute Gasteiger partial charge is 0.378 e. The first kappa shape index (κ1) is 19.0.